The van der Waals surface area contributed by atoms with Gasteiger partial charge in [0, 0.05) is 24.2 Å². The zero-order valence-corrected chi connectivity index (χ0v) is 17.7. The maximum absolute atomic E-state index is 13.2. The number of hydrogen-bond donors (Lipinski definition) is 1. The van der Waals surface area contributed by atoms with Crippen molar-refractivity contribution in [2.45, 2.75) is 17.9 Å². The van der Waals surface area contributed by atoms with Crippen molar-refractivity contribution in [2.24, 2.45) is 5.92 Å². The van der Waals surface area contributed by atoms with Gasteiger partial charge in [0.05, 0.1) is 28.8 Å². The number of amides is 2. The summed E-state index contributed by atoms with van der Waals surface area (Å²) < 4.78 is 39.0. The number of fused-ring (bicyclic) bond motifs is 1. The van der Waals surface area contributed by atoms with E-state index >= 15 is 0 Å². The van der Waals surface area contributed by atoms with E-state index in [0.29, 0.717) is 28.5 Å². The van der Waals surface area contributed by atoms with E-state index in [9.17, 15) is 22.4 Å². The maximum Gasteiger partial charge on any atom is 0.230 e. The lowest BCUT2D eigenvalue weighted by molar-refractivity contribution is -0.122. The fourth-order valence-corrected chi connectivity index (χ4v) is 5.59. The topological polar surface area (TPSA) is 101 Å². The summed E-state index contributed by atoms with van der Waals surface area (Å²) in [6.45, 7) is 0.149. The first kappa shape index (κ1) is 20.4. The van der Waals surface area contributed by atoms with Gasteiger partial charge in [-0.3, -0.25) is 9.59 Å². The molecule has 0 bridgehead atoms. The zero-order chi connectivity index (χ0) is 22.5. The van der Waals surface area contributed by atoms with Gasteiger partial charge in [-0.15, -0.1) is 0 Å². The SMILES string of the molecule is O=C(Nc1c2c(nn1-c1ccccc1)CS(=O)(=O)C2)[C@@H]1CC(=O)N(c2ccc(F)cc2)C1. The van der Waals surface area contributed by atoms with Crippen LogP contribution in [0.5, 0.6) is 0 Å². The second-order valence-corrected chi connectivity index (χ2v) is 9.99. The first-order valence-electron chi connectivity index (χ1n) is 10.0. The van der Waals surface area contributed by atoms with E-state index in [2.05, 4.69) is 10.4 Å². The predicted octanol–water partition coefficient (Wildman–Crippen LogP) is 2.43. The number of halogens is 1. The molecule has 2 aliphatic rings. The quantitative estimate of drug-likeness (QED) is 0.653. The van der Waals surface area contributed by atoms with E-state index in [4.69, 9.17) is 0 Å². The van der Waals surface area contributed by atoms with Gasteiger partial charge in [-0.2, -0.15) is 5.10 Å². The summed E-state index contributed by atoms with van der Waals surface area (Å²) in [6, 6.07) is 14.6. The third-order valence-electron chi connectivity index (χ3n) is 5.66. The summed E-state index contributed by atoms with van der Waals surface area (Å²) in [5.74, 6) is -1.74. The number of sulfone groups is 1. The van der Waals surface area contributed by atoms with Crippen molar-refractivity contribution in [1.29, 1.82) is 0 Å². The predicted molar refractivity (Wildman–Crippen MR) is 115 cm³/mol. The molecule has 1 saturated heterocycles. The van der Waals surface area contributed by atoms with Crippen LogP contribution in [0.3, 0.4) is 0 Å². The van der Waals surface area contributed by atoms with Crippen LogP contribution in [0.25, 0.3) is 5.69 Å². The molecule has 8 nitrogen and oxygen atoms in total. The number of carbonyl (C=O) groups excluding carboxylic acids is 2. The number of nitrogens with zero attached hydrogens (tertiary/aromatic N) is 3. The van der Waals surface area contributed by atoms with Crippen LogP contribution in [0.15, 0.2) is 54.6 Å². The minimum atomic E-state index is -3.32. The Morgan fingerprint density at radius 2 is 1.75 bits per heavy atom. The highest BCUT2D eigenvalue weighted by atomic mass is 32.2. The van der Waals surface area contributed by atoms with Gasteiger partial charge in [0.1, 0.15) is 11.6 Å². The zero-order valence-electron chi connectivity index (χ0n) is 16.9. The smallest absolute Gasteiger partial charge is 0.230 e. The Kier molecular flexibility index (Phi) is 4.81. The van der Waals surface area contributed by atoms with Gasteiger partial charge in [-0.25, -0.2) is 17.5 Å². The molecule has 2 amide bonds. The monoisotopic (exact) mass is 454 g/mol. The molecule has 1 N–H and O–H groups in total. The number of rotatable bonds is 4. The van der Waals surface area contributed by atoms with Crippen LogP contribution < -0.4 is 10.2 Å². The summed E-state index contributed by atoms with van der Waals surface area (Å²) >= 11 is 0. The average Bonchev–Trinajstić information content (AvgIpc) is 3.40. The lowest BCUT2D eigenvalue weighted by Crippen LogP contribution is -2.29. The van der Waals surface area contributed by atoms with Crippen LogP contribution in [0.2, 0.25) is 0 Å². The molecule has 0 aliphatic carbocycles. The molecule has 164 valence electrons. The fraction of sp³-hybridized carbons (Fsp3) is 0.227. The Balaban J connectivity index is 1.42. The normalized spacial score (nSPS) is 19.2. The van der Waals surface area contributed by atoms with Gasteiger partial charge >= 0.3 is 0 Å². The Labute approximate surface area is 183 Å². The van der Waals surface area contributed by atoms with Crippen molar-refractivity contribution in [2.75, 3.05) is 16.8 Å². The van der Waals surface area contributed by atoms with Crippen molar-refractivity contribution < 1.29 is 22.4 Å². The summed E-state index contributed by atoms with van der Waals surface area (Å²) in [6.07, 6.45) is 0.00315. The molecule has 10 heteroatoms. The van der Waals surface area contributed by atoms with Crippen LogP contribution in [-0.2, 0) is 30.9 Å². The van der Waals surface area contributed by atoms with E-state index in [-0.39, 0.29) is 30.4 Å². The molecule has 2 aromatic carbocycles. The van der Waals surface area contributed by atoms with Gasteiger partial charge in [0.2, 0.25) is 11.8 Å². The number of nitrogens with one attached hydrogen (secondary N) is 1. The molecule has 3 aromatic rings. The summed E-state index contributed by atoms with van der Waals surface area (Å²) in [5, 5.41) is 7.26. The molecule has 32 heavy (non-hydrogen) atoms. The molecule has 0 unspecified atom stereocenters. The number of benzene rings is 2. The van der Waals surface area contributed by atoms with Crippen LogP contribution in [0.1, 0.15) is 17.7 Å². The van der Waals surface area contributed by atoms with Crippen LogP contribution in [0.4, 0.5) is 15.9 Å². The van der Waals surface area contributed by atoms with E-state index < -0.39 is 27.5 Å². The Bertz CT molecular complexity index is 1320. The number of carbonyl (C=O) groups is 2. The van der Waals surface area contributed by atoms with Crippen molar-refractivity contribution in [3.05, 3.63) is 71.7 Å². The molecule has 3 heterocycles. The van der Waals surface area contributed by atoms with Crippen molar-refractivity contribution in [3.8, 4) is 5.69 Å². The van der Waals surface area contributed by atoms with Gasteiger partial charge in [0.15, 0.2) is 9.84 Å². The van der Waals surface area contributed by atoms with Crippen molar-refractivity contribution in [1.82, 2.24) is 9.78 Å². The third-order valence-corrected chi connectivity index (χ3v) is 7.11. The largest absolute Gasteiger partial charge is 0.312 e. The lowest BCUT2D eigenvalue weighted by Gasteiger charge is -2.17. The number of aromatic nitrogens is 2. The second kappa shape index (κ2) is 7.56. The third kappa shape index (κ3) is 3.66. The van der Waals surface area contributed by atoms with E-state index in [0.717, 1.165) is 0 Å². The highest BCUT2D eigenvalue weighted by molar-refractivity contribution is 7.90. The fourth-order valence-electron chi connectivity index (χ4n) is 4.10. The molecule has 2 aliphatic heterocycles. The Hall–Kier alpha value is -3.53. The highest BCUT2D eigenvalue weighted by Gasteiger charge is 2.38. The van der Waals surface area contributed by atoms with E-state index in [1.807, 2.05) is 30.3 Å². The van der Waals surface area contributed by atoms with Gasteiger partial charge in [-0.05, 0) is 36.4 Å². The molecule has 1 aromatic heterocycles. The van der Waals surface area contributed by atoms with Crippen LogP contribution in [-0.4, -0.2) is 36.6 Å². The van der Waals surface area contributed by atoms with Crippen LogP contribution >= 0.6 is 0 Å². The molecule has 0 saturated carbocycles. The van der Waals surface area contributed by atoms with Crippen LogP contribution in [0, 0.1) is 11.7 Å². The average molecular weight is 454 g/mol. The summed E-state index contributed by atoms with van der Waals surface area (Å²) in [5.41, 5.74) is 2.10. The minimum absolute atomic E-state index is 0.00315. The summed E-state index contributed by atoms with van der Waals surface area (Å²) in [7, 11) is -3.32. The molecule has 0 radical (unpaired) electrons. The van der Waals surface area contributed by atoms with Gasteiger partial charge in [0.25, 0.3) is 0 Å². The molecule has 0 spiro atoms. The summed E-state index contributed by atoms with van der Waals surface area (Å²) in [4.78, 5) is 27.0. The molecule has 5 rings (SSSR count). The number of para-hydroxylation sites is 1. The minimum Gasteiger partial charge on any atom is -0.312 e. The number of anilines is 2. The van der Waals surface area contributed by atoms with Crippen molar-refractivity contribution in [3.63, 3.8) is 0 Å². The highest BCUT2D eigenvalue weighted by Crippen LogP contribution is 2.34. The first-order chi connectivity index (χ1) is 15.3. The molecule has 1 atom stereocenters. The first-order valence-corrected chi connectivity index (χ1v) is 11.9. The Morgan fingerprint density at radius 1 is 1.03 bits per heavy atom. The van der Waals surface area contributed by atoms with E-state index in [1.54, 1.807) is 0 Å². The van der Waals surface area contributed by atoms with Crippen molar-refractivity contribution >= 4 is 33.2 Å². The maximum atomic E-state index is 13.2. The molecular weight excluding hydrogens is 435 g/mol. The second-order valence-electron chi connectivity index (χ2n) is 7.92. The standard InChI is InChI=1S/C22H19FN4O4S/c23-15-6-8-16(9-7-15)26-11-14(10-20(26)28)22(29)24-21-18-12-32(30,31)13-19(18)25-27(21)17-4-2-1-3-5-17/h1-9,14H,10-13H2,(H,24,29)/t14-/m1/s1. The lowest BCUT2D eigenvalue weighted by atomic mass is 10.1. The van der Waals surface area contributed by atoms with Gasteiger partial charge < -0.3 is 10.2 Å². The van der Waals surface area contributed by atoms with Gasteiger partial charge in [-0.1, -0.05) is 18.2 Å². The molecule has 1 fully saturated rings. The molecular formula is C22H19FN4O4S. The van der Waals surface area contributed by atoms with E-state index in [1.165, 1.54) is 33.8 Å². The number of hydrogen-bond acceptors (Lipinski definition) is 5. The Morgan fingerprint density at radius 3 is 2.47 bits per heavy atom.